The summed E-state index contributed by atoms with van der Waals surface area (Å²) in [6, 6.07) is 14.8. The van der Waals surface area contributed by atoms with Crippen LogP contribution in [0.1, 0.15) is 27.1 Å². The first-order valence-corrected chi connectivity index (χ1v) is 10.5. The van der Waals surface area contributed by atoms with Gasteiger partial charge < -0.3 is 14.2 Å². The summed E-state index contributed by atoms with van der Waals surface area (Å²) in [5.74, 6) is -4.99. The zero-order chi connectivity index (χ0) is 25.6. The van der Waals surface area contributed by atoms with Crippen LogP contribution in [0.15, 0.2) is 84.0 Å². The second kappa shape index (κ2) is 10.7. The Labute approximate surface area is 205 Å². The molecule has 0 radical (unpaired) electrons. The Morgan fingerprint density at radius 3 is 1.77 bits per heavy atom. The molecule has 0 amide bonds. The van der Waals surface area contributed by atoms with Crippen LogP contribution in [0.4, 0.5) is 4.79 Å². The number of carbonyl (C=O) groups is 5. The van der Waals surface area contributed by atoms with E-state index in [1.807, 2.05) is 0 Å². The third kappa shape index (κ3) is 6.12. The van der Waals surface area contributed by atoms with E-state index < -0.39 is 57.0 Å². The van der Waals surface area contributed by atoms with Crippen molar-refractivity contribution in [2.75, 3.05) is 0 Å². The average molecular weight is 544 g/mol. The summed E-state index contributed by atoms with van der Waals surface area (Å²) in [6.07, 6.45) is -0.610. The summed E-state index contributed by atoms with van der Waals surface area (Å²) < 4.78 is 11.7. The summed E-state index contributed by atoms with van der Waals surface area (Å²) in [4.78, 5) is 72.0. The van der Waals surface area contributed by atoms with Crippen LogP contribution in [-0.4, -0.2) is 39.4 Å². The van der Waals surface area contributed by atoms with E-state index in [2.05, 4.69) is 25.4 Å². The summed E-state index contributed by atoms with van der Waals surface area (Å²) in [6.45, 7) is 0. The molecule has 0 aliphatic heterocycles. The van der Waals surface area contributed by atoms with Gasteiger partial charge in [-0.2, -0.15) is 0 Å². The number of ether oxygens (including phenoxy) is 3. The van der Waals surface area contributed by atoms with E-state index in [0.29, 0.717) is 0 Å². The number of halogens is 1. The number of hydrogen-bond donors (Lipinski definition) is 0. The maximum Gasteiger partial charge on any atom is 0.524 e. The number of hydrogen-bond acceptors (Lipinski definition) is 10. The largest absolute Gasteiger partial charge is 0.524 e. The number of esters is 4. The molecule has 35 heavy (non-hydrogen) atoms. The topological polar surface area (TPSA) is 156 Å². The average Bonchev–Trinajstić information content (AvgIpc) is 2.84. The first-order chi connectivity index (χ1) is 16.6. The van der Waals surface area contributed by atoms with Gasteiger partial charge in [-0.1, -0.05) is 36.4 Å². The minimum atomic E-state index is -2.00. The van der Waals surface area contributed by atoms with Crippen LogP contribution in [0, 0.1) is 10.1 Å². The zero-order valence-corrected chi connectivity index (χ0v) is 19.1. The Kier molecular flexibility index (Phi) is 7.66. The minimum Gasteiger partial charge on any atom is -0.386 e. The standard InChI is InChI=1S/C23H14BrNO10/c24-23(25(31)32)12-11-16(17(13-23)21(29)33-18(26)14-7-3-1-4-8-14)20(28)35-22(30)34-19(27)15-9-5-2-6-10-15/h1-12H,13H2. The molecule has 2 aromatic carbocycles. The predicted molar refractivity (Wildman–Crippen MR) is 120 cm³/mol. The number of nitrogens with zero attached hydrogens (tertiary/aromatic N) is 1. The molecule has 1 atom stereocenters. The van der Waals surface area contributed by atoms with Gasteiger partial charge in [0.2, 0.25) is 0 Å². The Bertz CT molecular complexity index is 1270. The van der Waals surface area contributed by atoms with Crippen molar-refractivity contribution in [2.45, 2.75) is 10.9 Å². The lowest BCUT2D eigenvalue weighted by Gasteiger charge is -2.21. The van der Waals surface area contributed by atoms with Gasteiger partial charge in [-0.3, -0.25) is 10.1 Å². The second-order valence-corrected chi connectivity index (χ2v) is 8.29. The highest BCUT2D eigenvalue weighted by atomic mass is 79.9. The molecule has 2 aromatic rings. The van der Waals surface area contributed by atoms with Crippen molar-refractivity contribution in [1.29, 1.82) is 0 Å². The first kappa shape index (κ1) is 25.2. The van der Waals surface area contributed by atoms with Crippen LogP contribution in [-0.2, 0) is 23.8 Å². The molecule has 0 aromatic heterocycles. The van der Waals surface area contributed by atoms with E-state index in [-0.39, 0.29) is 11.1 Å². The van der Waals surface area contributed by atoms with Gasteiger partial charge in [0.05, 0.1) is 28.7 Å². The summed E-state index contributed by atoms with van der Waals surface area (Å²) in [5, 5.41) is 11.4. The lowest BCUT2D eigenvalue weighted by Crippen LogP contribution is -2.35. The third-order valence-corrected chi connectivity index (χ3v) is 5.42. The smallest absolute Gasteiger partial charge is 0.386 e. The first-order valence-electron chi connectivity index (χ1n) is 9.71. The van der Waals surface area contributed by atoms with E-state index in [1.54, 1.807) is 12.1 Å². The van der Waals surface area contributed by atoms with E-state index in [0.717, 1.165) is 12.2 Å². The van der Waals surface area contributed by atoms with E-state index >= 15 is 0 Å². The van der Waals surface area contributed by atoms with Crippen LogP contribution in [0.5, 0.6) is 0 Å². The fraction of sp³-hybridized carbons (Fsp3) is 0.0870. The lowest BCUT2D eigenvalue weighted by atomic mass is 9.94. The fourth-order valence-corrected chi connectivity index (χ4v) is 3.26. The summed E-state index contributed by atoms with van der Waals surface area (Å²) in [5.41, 5.74) is -1.19. The SMILES string of the molecule is O=C(OC(=O)C1=C(C(=O)OC(=O)c2ccccc2)CC(Br)([N+](=O)[O-])C=C1)OC(=O)c1ccccc1. The molecule has 0 heterocycles. The molecule has 0 N–H and O–H groups in total. The third-order valence-electron chi connectivity index (χ3n) is 4.58. The van der Waals surface area contributed by atoms with Gasteiger partial charge in [-0.15, -0.1) is 0 Å². The molecule has 178 valence electrons. The van der Waals surface area contributed by atoms with Crippen molar-refractivity contribution in [3.63, 3.8) is 0 Å². The molecular formula is C23H14BrNO10. The Morgan fingerprint density at radius 1 is 0.771 bits per heavy atom. The monoisotopic (exact) mass is 543 g/mol. The zero-order valence-electron chi connectivity index (χ0n) is 17.5. The normalized spacial score (nSPS) is 16.7. The molecule has 1 unspecified atom stereocenters. The summed E-state index contributed by atoms with van der Waals surface area (Å²) >= 11 is 2.87. The van der Waals surface area contributed by atoms with Crippen LogP contribution in [0.2, 0.25) is 0 Å². The quantitative estimate of drug-likeness (QED) is 0.136. The maximum absolute atomic E-state index is 12.7. The van der Waals surface area contributed by atoms with Crippen molar-refractivity contribution < 1.29 is 43.1 Å². The number of carbonyl (C=O) groups excluding carboxylic acids is 5. The van der Waals surface area contributed by atoms with Gasteiger partial charge in [0, 0.05) is 26.9 Å². The molecule has 0 saturated carbocycles. The highest BCUT2D eigenvalue weighted by molar-refractivity contribution is 9.10. The van der Waals surface area contributed by atoms with Crippen LogP contribution < -0.4 is 0 Å². The molecule has 0 bridgehead atoms. The van der Waals surface area contributed by atoms with Crippen LogP contribution in [0.3, 0.4) is 0 Å². The maximum atomic E-state index is 12.7. The molecule has 3 rings (SSSR count). The van der Waals surface area contributed by atoms with Gasteiger partial charge >= 0.3 is 30.0 Å². The van der Waals surface area contributed by atoms with Crippen molar-refractivity contribution in [1.82, 2.24) is 0 Å². The van der Waals surface area contributed by atoms with E-state index in [4.69, 9.17) is 4.74 Å². The number of benzene rings is 2. The highest BCUT2D eigenvalue weighted by Crippen LogP contribution is 2.36. The van der Waals surface area contributed by atoms with Gasteiger partial charge in [0.25, 0.3) is 4.45 Å². The van der Waals surface area contributed by atoms with Gasteiger partial charge in [0.15, 0.2) is 0 Å². The van der Waals surface area contributed by atoms with Crippen molar-refractivity contribution >= 4 is 46.0 Å². The molecule has 11 nitrogen and oxygen atoms in total. The Balaban J connectivity index is 1.81. The van der Waals surface area contributed by atoms with Crippen molar-refractivity contribution in [3.8, 4) is 0 Å². The van der Waals surface area contributed by atoms with Gasteiger partial charge in [-0.05, 0) is 30.3 Å². The van der Waals surface area contributed by atoms with Gasteiger partial charge in [-0.25, -0.2) is 24.0 Å². The second-order valence-electron chi connectivity index (χ2n) is 6.92. The molecule has 0 fully saturated rings. The number of rotatable bonds is 5. The van der Waals surface area contributed by atoms with Crippen molar-refractivity contribution in [3.05, 3.63) is 105 Å². The van der Waals surface area contributed by atoms with Gasteiger partial charge in [0.1, 0.15) is 0 Å². The minimum absolute atomic E-state index is 0.00687. The Hall–Kier alpha value is -4.45. The lowest BCUT2D eigenvalue weighted by molar-refractivity contribution is -0.521. The predicted octanol–water partition coefficient (Wildman–Crippen LogP) is 3.51. The molecule has 1 aliphatic rings. The summed E-state index contributed by atoms with van der Waals surface area (Å²) in [7, 11) is 0. The molecule has 1 aliphatic carbocycles. The van der Waals surface area contributed by atoms with Crippen LogP contribution >= 0.6 is 15.9 Å². The molecule has 12 heteroatoms. The molecular weight excluding hydrogens is 530 g/mol. The van der Waals surface area contributed by atoms with Crippen LogP contribution in [0.25, 0.3) is 0 Å². The van der Waals surface area contributed by atoms with E-state index in [9.17, 15) is 34.1 Å². The van der Waals surface area contributed by atoms with Crippen molar-refractivity contribution in [2.24, 2.45) is 0 Å². The number of nitro groups is 1. The molecule has 0 spiro atoms. The molecule has 0 saturated heterocycles. The fourth-order valence-electron chi connectivity index (χ4n) is 2.85. The Morgan fingerprint density at radius 2 is 1.26 bits per heavy atom. The van der Waals surface area contributed by atoms with E-state index in [1.165, 1.54) is 48.5 Å². The highest BCUT2D eigenvalue weighted by Gasteiger charge is 2.45. The number of alkyl halides is 1.